The van der Waals surface area contributed by atoms with E-state index in [-0.39, 0.29) is 0 Å². The van der Waals surface area contributed by atoms with E-state index in [4.69, 9.17) is 0 Å². The van der Waals surface area contributed by atoms with Crippen molar-refractivity contribution in [3.63, 3.8) is 0 Å². The van der Waals surface area contributed by atoms with Gasteiger partial charge in [0.25, 0.3) is 0 Å². The summed E-state index contributed by atoms with van der Waals surface area (Å²) in [6.45, 7) is 2.14. The van der Waals surface area contributed by atoms with Crippen LogP contribution in [-0.2, 0) is 0 Å². The molecule has 0 aliphatic rings. The minimum atomic E-state index is 0.773. The Morgan fingerprint density at radius 2 is 1.50 bits per heavy atom. The quantitative estimate of drug-likeness (QED) is 0.470. The first-order valence-electron chi connectivity index (χ1n) is 1.01. The minimum Gasteiger partial charge on any atom is -0.378 e. The molecule has 3 heteroatoms. The minimum absolute atomic E-state index is 0.773. The molecule has 0 unspecified atom stereocenters. The highest BCUT2D eigenvalue weighted by Gasteiger charge is 1.59. The Morgan fingerprint density at radius 1 is 1.50 bits per heavy atom. The van der Waals surface area contributed by atoms with E-state index in [2.05, 4.69) is 51.6 Å². The standard InChI is InChI=1S/CH3BI2/c1-2(3)4/h1H3/q-1. The van der Waals surface area contributed by atoms with E-state index in [0.717, 1.165) is 2.43 Å². The third-order valence-corrected chi connectivity index (χ3v) is 0. The number of rotatable bonds is 0. The van der Waals surface area contributed by atoms with Crippen LogP contribution >= 0.6 is 44.7 Å². The summed E-state index contributed by atoms with van der Waals surface area (Å²) in [6, 6.07) is 0. The summed E-state index contributed by atoms with van der Waals surface area (Å²) in [5, 5.41) is 0. The zero-order valence-electron chi connectivity index (χ0n) is 2.33. The number of hydrogen-bond acceptors (Lipinski definition) is 0. The smallest absolute Gasteiger partial charge is 0.0121 e. The van der Waals surface area contributed by atoms with Gasteiger partial charge in [-0.05, 0) is 0 Å². The van der Waals surface area contributed by atoms with Crippen LogP contribution in [0.5, 0.6) is 0 Å². The molecule has 0 N–H and O–H groups in total. The van der Waals surface area contributed by atoms with Crippen LogP contribution in [0.15, 0.2) is 0 Å². The van der Waals surface area contributed by atoms with Crippen molar-refractivity contribution in [1.82, 2.24) is 0 Å². The summed E-state index contributed by atoms with van der Waals surface area (Å²) in [6.07, 6.45) is 0. The maximum Gasteiger partial charge on any atom is 0.0121 e. The Hall–Kier alpha value is 1.52. The molecule has 0 aromatic carbocycles. The van der Waals surface area contributed by atoms with Gasteiger partial charge in [-0.2, -0.15) is 6.82 Å². The summed E-state index contributed by atoms with van der Waals surface area (Å²) in [5.41, 5.74) is 0. The molecule has 25 valence electrons. The van der Waals surface area contributed by atoms with Gasteiger partial charge in [-0.25, -0.2) is 0 Å². The van der Waals surface area contributed by atoms with Gasteiger partial charge in [-0.15, -0.1) is 0 Å². The molecule has 1 radical (unpaired) electrons. The van der Waals surface area contributed by atoms with E-state index < -0.39 is 0 Å². The monoisotopic (exact) mass is 280 g/mol. The van der Waals surface area contributed by atoms with E-state index >= 15 is 0 Å². The fourth-order valence-corrected chi connectivity index (χ4v) is 0. The van der Waals surface area contributed by atoms with E-state index in [1.807, 2.05) is 0 Å². The van der Waals surface area contributed by atoms with Gasteiger partial charge in [0, 0.05) is 2.43 Å². The Labute approximate surface area is 53.6 Å². The molecule has 0 bridgehead atoms. The van der Waals surface area contributed by atoms with Gasteiger partial charge in [-0.3, -0.25) is 0 Å². The molecule has 0 atom stereocenters. The molecule has 0 fully saturated rings. The molecule has 0 aliphatic carbocycles. The summed E-state index contributed by atoms with van der Waals surface area (Å²) >= 11 is 4.66. The summed E-state index contributed by atoms with van der Waals surface area (Å²) in [7, 11) is 0. The topological polar surface area (TPSA) is 0 Å². The maximum atomic E-state index is 2.33. The normalized spacial score (nSPS) is 9.00. The lowest BCUT2D eigenvalue weighted by atomic mass is 10.2. The zero-order chi connectivity index (χ0) is 3.58. The molecule has 0 amide bonds. The number of halogens is 2. The maximum absolute atomic E-state index is 2.33. The average molecular weight is 280 g/mol. The fraction of sp³-hybridized carbons (Fsp3) is 1.00. The lowest BCUT2D eigenvalue weighted by molar-refractivity contribution is 2.38. The van der Waals surface area contributed by atoms with Crippen LogP contribution in [0.1, 0.15) is 0 Å². The fourth-order valence-electron chi connectivity index (χ4n) is 0. The summed E-state index contributed by atoms with van der Waals surface area (Å²) in [4.78, 5) is 0. The molecule has 0 aliphatic heterocycles. The molecule has 0 saturated heterocycles. The summed E-state index contributed by atoms with van der Waals surface area (Å²) in [5.74, 6) is 0. The predicted octanol–water partition coefficient (Wildman–Crippen LogP) is 1.97. The van der Waals surface area contributed by atoms with Gasteiger partial charge < -0.3 is 44.7 Å². The molecule has 0 nitrogen and oxygen atoms in total. The van der Waals surface area contributed by atoms with E-state index in [0.29, 0.717) is 0 Å². The first-order valence-corrected chi connectivity index (χ1v) is 3.51. The highest BCUT2D eigenvalue weighted by molar-refractivity contribution is 14.3. The van der Waals surface area contributed by atoms with E-state index in [9.17, 15) is 0 Å². The number of hydrogen-bond donors (Lipinski definition) is 0. The van der Waals surface area contributed by atoms with Gasteiger partial charge in [0.1, 0.15) is 0 Å². The van der Waals surface area contributed by atoms with Crippen molar-refractivity contribution >= 4 is 47.2 Å². The average Bonchev–Trinajstić information content (AvgIpc) is 0.811. The van der Waals surface area contributed by atoms with Crippen molar-refractivity contribution in [2.45, 2.75) is 6.82 Å². The third-order valence-electron chi connectivity index (χ3n) is 0. The molecule has 0 spiro atoms. The van der Waals surface area contributed by atoms with Crippen LogP contribution in [0.2, 0.25) is 6.82 Å². The molecule has 0 aromatic heterocycles. The Kier molecular flexibility index (Phi) is 3.79. The SMILES string of the molecule is C[B-](I)I. The molecular weight excluding hydrogens is 277 g/mol. The molecule has 0 rings (SSSR count). The van der Waals surface area contributed by atoms with Gasteiger partial charge in [0.05, 0.1) is 0 Å². The lowest BCUT2D eigenvalue weighted by Crippen LogP contribution is -1.68. The Bertz CT molecular complexity index is 10.8. The van der Waals surface area contributed by atoms with Gasteiger partial charge in [0.2, 0.25) is 0 Å². The van der Waals surface area contributed by atoms with Crippen LogP contribution in [0.3, 0.4) is 0 Å². The third kappa shape index (κ3) is 9.66. The second-order valence-electron chi connectivity index (χ2n) is 0.519. The first-order chi connectivity index (χ1) is 1.73. The highest BCUT2D eigenvalue weighted by Crippen LogP contribution is 1.99. The van der Waals surface area contributed by atoms with Crippen molar-refractivity contribution in [3.8, 4) is 0 Å². The van der Waals surface area contributed by atoms with Crippen LogP contribution in [0.4, 0.5) is 0 Å². The van der Waals surface area contributed by atoms with E-state index in [1.165, 1.54) is 0 Å². The van der Waals surface area contributed by atoms with Gasteiger partial charge in [-0.1, -0.05) is 0 Å². The lowest BCUT2D eigenvalue weighted by Gasteiger charge is -1.89. The predicted molar refractivity (Wildman–Crippen MR) is 39.7 cm³/mol. The highest BCUT2D eigenvalue weighted by atomic mass is 127. The van der Waals surface area contributed by atoms with Crippen molar-refractivity contribution < 1.29 is 0 Å². The second-order valence-corrected chi connectivity index (χ2v) is 6.64. The molecule has 0 aromatic rings. The van der Waals surface area contributed by atoms with Crippen molar-refractivity contribution in [2.24, 2.45) is 0 Å². The Morgan fingerprint density at radius 3 is 1.50 bits per heavy atom. The van der Waals surface area contributed by atoms with Crippen LogP contribution in [0.25, 0.3) is 0 Å². The second kappa shape index (κ2) is 2.75. The molecular formula is CH3BI2-. The molecule has 0 saturated carbocycles. The Balaban J connectivity index is 2.32. The largest absolute Gasteiger partial charge is 0.378 e. The van der Waals surface area contributed by atoms with Gasteiger partial charge in [0.15, 0.2) is 0 Å². The van der Waals surface area contributed by atoms with Crippen molar-refractivity contribution in [1.29, 1.82) is 0 Å². The molecule has 0 heterocycles. The molecule has 4 heavy (non-hydrogen) atoms. The van der Waals surface area contributed by atoms with Crippen LogP contribution < -0.4 is 0 Å². The summed E-state index contributed by atoms with van der Waals surface area (Å²) < 4.78 is 0.773. The zero-order valence-corrected chi connectivity index (χ0v) is 6.65. The van der Waals surface area contributed by atoms with Gasteiger partial charge >= 0.3 is 0 Å². The van der Waals surface area contributed by atoms with Crippen molar-refractivity contribution in [2.75, 3.05) is 0 Å². The van der Waals surface area contributed by atoms with Crippen LogP contribution in [-0.4, -0.2) is 2.43 Å². The van der Waals surface area contributed by atoms with Crippen LogP contribution in [0, 0.1) is 0 Å². The first kappa shape index (κ1) is 5.52. The van der Waals surface area contributed by atoms with E-state index in [1.54, 1.807) is 0 Å². The van der Waals surface area contributed by atoms with Crippen molar-refractivity contribution in [3.05, 3.63) is 0 Å².